The van der Waals surface area contributed by atoms with Crippen LogP contribution in [0.25, 0.3) is 0 Å². The predicted octanol–water partition coefficient (Wildman–Crippen LogP) is 3.59. The van der Waals surface area contributed by atoms with E-state index in [4.69, 9.17) is 19.2 Å². The van der Waals surface area contributed by atoms with Crippen LogP contribution in [0.5, 0.6) is 11.5 Å². The molecular formula is C22H37IN4O3. The fourth-order valence-corrected chi connectivity index (χ4v) is 3.53. The number of benzene rings is 1. The van der Waals surface area contributed by atoms with E-state index in [2.05, 4.69) is 36.3 Å². The number of hydrogen-bond donors (Lipinski definition) is 2. The Morgan fingerprint density at radius 2 is 2.00 bits per heavy atom. The highest BCUT2D eigenvalue weighted by molar-refractivity contribution is 14.0. The van der Waals surface area contributed by atoms with Crippen LogP contribution in [0.15, 0.2) is 23.2 Å². The molecule has 0 bridgehead atoms. The van der Waals surface area contributed by atoms with E-state index in [1.807, 2.05) is 18.2 Å². The molecule has 2 aliphatic rings. The van der Waals surface area contributed by atoms with E-state index >= 15 is 0 Å². The number of nitrogens with one attached hydrogen (secondary N) is 2. The molecule has 0 aromatic heterocycles. The molecule has 0 spiro atoms. The quantitative estimate of drug-likeness (QED) is 0.318. The van der Waals surface area contributed by atoms with Crippen molar-refractivity contribution in [3.63, 3.8) is 0 Å². The summed E-state index contributed by atoms with van der Waals surface area (Å²) in [7, 11) is 0. The number of rotatable bonds is 7. The Labute approximate surface area is 197 Å². The van der Waals surface area contributed by atoms with Crippen LogP contribution < -0.4 is 20.1 Å². The first-order chi connectivity index (χ1) is 14.1. The molecule has 1 unspecified atom stereocenters. The number of guanidine groups is 1. The van der Waals surface area contributed by atoms with E-state index in [0.29, 0.717) is 25.7 Å². The number of nitrogens with zero attached hydrogens (tertiary/aromatic N) is 2. The normalized spacial score (nSPS) is 19.7. The van der Waals surface area contributed by atoms with Crippen molar-refractivity contribution in [3.8, 4) is 11.5 Å². The lowest BCUT2D eigenvalue weighted by Crippen LogP contribution is -2.45. The zero-order valence-electron chi connectivity index (χ0n) is 18.5. The minimum absolute atomic E-state index is 0. The van der Waals surface area contributed by atoms with Gasteiger partial charge in [-0.15, -0.1) is 24.0 Å². The van der Waals surface area contributed by atoms with Crippen LogP contribution in [0.3, 0.4) is 0 Å². The molecule has 170 valence electrons. The van der Waals surface area contributed by atoms with Crippen molar-refractivity contribution in [2.24, 2.45) is 10.9 Å². The van der Waals surface area contributed by atoms with Crippen LogP contribution >= 0.6 is 24.0 Å². The summed E-state index contributed by atoms with van der Waals surface area (Å²) < 4.78 is 17.5. The maximum Gasteiger partial charge on any atom is 0.195 e. The zero-order valence-corrected chi connectivity index (χ0v) is 20.8. The molecular weight excluding hydrogens is 495 g/mol. The molecule has 7 nitrogen and oxygen atoms in total. The van der Waals surface area contributed by atoms with Gasteiger partial charge in [0.1, 0.15) is 0 Å². The van der Waals surface area contributed by atoms with Crippen molar-refractivity contribution in [3.05, 3.63) is 18.2 Å². The molecule has 3 rings (SSSR count). The molecule has 1 atom stereocenters. The van der Waals surface area contributed by atoms with Gasteiger partial charge in [-0.3, -0.25) is 9.89 Å². The smallest absolute Gasteiger partial charge is 0.195 e. The first-order valence-electron chi connectivity index (χ1n) is 10.9. The number of hydrogen-bond acceptors (Lipinski definition) is 5. The van der Waals surface area contributed by atoms with E-state index in [0.717, 1.165) is 68.8 Å². The minimum Gasteiger partial charge on any atom is -0.490 e. The molecule has 2 N–H and O–H groups in total. The van der Waals surface area contributed by atoms with Crippen molar-refractivity contribution in [1.29, 1.82) is 0 Å². The Morgan fingerprint density at radius 1 is 1.20 bits per heavy atom. The molecule has 1 saturated heterocycles. The fourth-order valence-electron chi connectivity index (χ4n) is 3.53. The second kappa shape index (κ2) is 13.2. The summed E-state index contributed by atoms with van der Waals surface area (Å²) in [5, 5.41) is 6.79. The van der Waals surface area contributed by atoms with E-state index < -0.39 is 0 Å². The lowest BCUT2D eigenvalue weighted by atomic mass is 10.2. The monoisotopic (exact) mass is 532 g/mol. The largest absolute Gasteiger partial charge is 0.490 e. The Morgan fingerprint density at radius 3 is 2.77 bits per heavy atom. The maximum atomic E-state index is 5.94. The molecule has 2 aliphatic heterocycles. The molecule has 0 amide bonds. The van der Waals surface area contributed by atoms with Gasteiger partial charge in [0.2, 0.25) is 0 Å². The average molecular weight is 532 g/mol. The van der Waals surface area contributed by atoms with Gasteiger partial charge in [-0.1, -0.05) is 20.8 Å². The highest BCUT2D eigenvalue weighted by Gasteiger charge is 2.21. The third-order valence-corrected chi connectivity index (χ3v) is 4.85. The molecule has 0 aliphatic carbocycles. The lowest BCUT2D eigenvalue weighted by Gasteiger charge is -2.33. The van der Waals surface area contributed by atoms with Gasteiger partial charge < -0.3 is 24.8 Å². The van der Waals surface area contributed by atoms with Crippen LogP contribution in [0.1, 0.15) is 33.6 Å². The summed E-state index contributed by atoms with van der Waals surface area (Å²) in [6.45, 7) is 13.4. The van der Waals surface area contributed by atoms with Gasteiger partial charge in [-0.2, -0.15) is 0 Å². The van der Waals surface area contributed by atoms with Crippen molar-refractivity contribution in [1.82, 2.24) is 10.2 Å². The summed E-state index contributed by atoms with van der Waals surface area (Å²) >= 11 is 0. The van der Waals surface area contributed by atoms with Gasteiger partial charge in [-0.05, 0) is 24.5 Å². The van der Waals surface area contributed by atoms with Crippen molar-refractivity contribution in [2.75, 3.05) is 57.9 Å². The van der Waals surface area contributed by atoms with Gasteiger partial charge >= 0.3 is 0 Å². The van der Waals surface area contributed by atoms with Gasteiger partial charge in [0.15, 0.2) is 17.5 Å². The Bertz CT molecular complexity index is 672. The van der Waals surface area contributed by atoms with Gasteiger partial charge in [0.05, 0.1) is 32.5 Å². The van der Waals surface area contributed by atoms with Crippen LogP contribution in [-0.2, 0) is 4.74 Å². The van der Waals surface area contributed by atoms with E-state index in [1.165, 1.54) is 0 Å². The van der Waals surface area contributed by atoms with E-state index in [9.17, 15) is 0 Å². The van der Waals surface area contributed by atoms with Crippen molar-refractivity contribution in [2.45, 2.75) is 39.7 Å². The number of halogens is 1. The fraction of sp³-hybridized carbons (Fsp3) is 0.682. The molecule has 1 fully saturated rings. The first kappa shape index (κ1) is 25.0. The number of ether oxygens (including phenoxy) is 3. The highest BCUT2D eigenvalue weighted by Crippen LogP contribution is 2.32. The molecule has 30 heavy (non-hydrogen) atoms. The van der Waals surface area contributed by atoms with E-state index in [-0.39, 0.29) is 30.1 Å². The third-order valence-electron chi connectivity index (χ3n) is 4.85. The predicted molar refractivity (Wildman–Crippen MR) is 133 cm³/mol. The van der Waals surface area contributed by atoms with Gasteiger partial charge in [0, 0.05) is 44.4 Å². The summed E-state index contributed by atoms with van der Waals surface area (Å²) in [6, 6.07) is 5.93. The third kappa shape index (κ3) is 8.11. The van der Waals surface area contributed by atoms with Crippen LogP contribution in [0, 0.1) is 5.92 Å². The first-order valence-corrected chi connectivity index (χ1v) is 10.9. The molecule has 0 radical (unpaired) electrons. The molecule has 0 saturated carbocycles. The second-order valence-corrected chi connectivity index (χ2v) is 8.10. The maximum absolute atomic E-state index is 5.94. The van der Waals surface area contributed by atoms with Crippen LogP contribution in [-0.4, -0.2) is 69.5 Å². The van der Waals surface area contributed by atoms with Crippen LogP contribution in [0.4, 0.5) is 5.69 Å². The Balaban J connectivity index is 0.00000320. The summed E-state index contributed by atoms with van der Waals surface area (Å²) in [6.07, 6.45) is 2.06. The van der Waals surface area contributed by atoms with Gasteiger partial charge in [0.25, 0.3) is 0 Å². The van der Waals surface area contributed by atoms with Crippen molar-refractivity contribution >= 4 is 35.6 Å². The number of aliphatic imine (C=N–C) groups is 1. The molecule has 2 heterocycles. The highest BCUT2D eigenvalue weighted by atomic mass is 127. The molecule has 1 aromatic rings. The summed E-state index contributed by atoms with van der Waals surface area (Å²) in [5.41, 5.74) is 0.933. The summed E-state index contributed by atoms with van der Waals surface area (Å²) in [4.78, 5) is 7.27. The number of fused-ring (bicyclic) bond motifs is 1. The summed E-state index contributed by atoms with van der Waals surface area (Å²) in [5.74, 6) is 3.02. The number of morpholine rings is 1. The zero-order chi connectivity index (χ0) is 20.5. The second-order valence-electron chi connectivity index (χ2n) is 8.10. The van der Waals surface area contributed by atoms with Crippen molar-refractivity contribution < 1.29 is 14.2 Å². The minimum atomic E-state index is 0. The Hall–Kier alpha value is -1.26. The topological polar surface area (TPSA) is 67.4 Å². The average Bonchev–Trinajstić information content (AvgIpc) is 2.95. The van der Waals surface area contributed by atoms with Gasteiger partial charge in [-0.25, -0.2) is 0 Å². The molecule has 1 aromatic carbocycles. The number of anilines is 1. The lowest BCUT2D eigenvalue weighted by molar-refractivity contribution is -0.0261. The standard InChI is InChI=1S/C22H36N4O3.HI/c1-4-8-23-22(24-14-19-16-26(9-12-27-19)15-17(2)3)25-18-6-7-20-21(13-18)29-11-5-10-28-20;/h6-7,13,17,19H,4-5,8-12,14-16H2,1-3H3,(H2,23,24,25);1H. The van der Waals surface area contributed by atoms with E-state index in [1.54, 1.807) is 0 Å². The Kier molecular flexibility index (Phi) is 11.0. The van der Waals surface area contributed by atoms with Crippen LogP contribution in [0.2, 0.25) is 0 Å². The molecule has 8 heteroatoms. The SMILES string of the molecule is CCCNC(=NCC1CN(CC(C)C)CCO1)Nc1ccc2c(c1)OCCCO2.I.